The molecule has 0 bridgehead atoms. The van der Waals surface area contributed by atoms with Crippen LogP contribution in [-0.2, 0) is 21.4 Å². The molecular formula is C21H28N2O5S. The smallest absolute Gasteiger partial charge is 0.240 e. The summed E-state index contributed by atoms with van der Waals surface area (Å²) in [6.45, 7) is 4.22. The van der Waals surface area contributed by atoms with Gasteiger partial charge in [0.25, 0.3) is 0 Å². The zero-order valence-corrected chi connectivity index (χ0v) is 17.8. The van der Waals surface area contributed by atoms with Crippen molar-refractivity contribution >= 4 is 15.9 Å². The summed E-state index contributed by atoms with van der Waals surface area (Å²) in [5.41, 5.74) is 0.722. The Morgan fingerprint density at radius 1 is 1.07 bits per heavy atom. The minimum Gasteiger partial charge on any atom is -0.497 e. The molecule has 7 nitrogen and oxygen atoms in total. The number of amides is 1. The molecule has 0 heterocycles. The fraction of sp³-hybridized carbons (Fsp3) is 0.381. The third-order valence-electron chi connectivity index (χ3n) is 3.97. The first-order chi connectivity index (χ1) is 13.8. The highest BCUT2D eigenvalue weighted by molar-refractivity contribution is 7.89. The standard InChI is InChI=1S/C21H28N2O5S/c1-16(2)23-29(25,26)20-7-4-6-17(14-20)15-22-21(24)8-5-13-28-19-11-9-18(27-3)10-12-19/h4,6-7,9-12,14,16,23H,5,8,13,15H2,1-3H3,(H,22,24). The SMILES string of the molecule is COc1ccc(OCCCC(=O)NCc2cccc(S(=O)(=O)NC(C)C)c2)cc1. The number of hydrogen-bond acceptors (Lipinski definition) is 5. The molecule has 2 aromatic rings. The van der Waals surface area contributed by atoms with Gasteiger partial charge < -0.3 is 14.8 Å². The molecule has 2 N–H and O–H groups in total. The summed E-state index contributed by atoms with van der Waals surface area (Å²) in [5.74, 6) is 1.37. The van der Waals surface area contributed by atoms with Gasteiger partial charge in [0.15, 0.2) is 0 Å². The number of benzene rings is 2. The van der Waals surface area contributed by atoms with Crippen molar-refractivity contribution in [2.45, 2.75) is 44.2 Å². The lowest BCUT2D eigenvalue weighted by molar-refractivity contribution is -0.121. The molecule has 0 aliphatic rings. The molecule has 0 saturated heterocycles. The van der Waals surface area contributed by atoms with Crippen LogP contribution in [0.5, 0.6) is 11.5 Å². The molecule has 1 amide bonds. The van der Waals surface area contributed by atoms with Gasteiger partial charge in [-0.25, -0.2) is 13.1 Å². The van der Waals surface area contributed by atoms with E-state index in [4.69, 9.17) is 9.47 Å². The lowest BCUT2D eigenvalue weighted by atomic mass is 10.2. The van der Waals surface area contributed by atoms with E-state index < -0.39 is 10.0 Å². The second-order valence-corrected chi connectivity index (χ2v) is 8.54. The molecule has 29 heavy (non-hydrogen) atoms. The zero-order chi connectivity index (χ0) is 21.3. The molecule has 0 aromatic heterocycles. The molecule has 0 saturated carbocycles. The van der Waals surface area contributed by atoms with E-state index in [1.54, 1.807) is 39.2 Å². The summed E-state index contributed by atoms with van der Waals surface area (Å²) < 4.78 is 37.7. The van der Waals surface area contributed by atoms with E-state index in [9.17, 15) is 13.2 Å². The normalized spacial score (nSPS) is 11.3. The van der Waals surface area contributed by atoms with Gasteiger partial charge in [-0.15, -0.1) is 0 Å². The Hall–Kier alpha value is -2.58. The van der Waals surface area contributed by atoms with Crippen LogP contribution in [0.3, 0.4) is 0 Å². The second kappa shape index (κ2) is 10.8. The first-order valence-electron chi connectivity index (χ1n) is 9.45. The summed E-state index contributed by atoms with van der Waals surface area (Å²) in [5, 5.41) is 2.81. The predicted molar refractivity (Wildman–Crippen MR) is 111 cm³/mol. The van der Waals surface area contributed by atoms with Crippen molar-refractivity contribution in [3.63, 3.8) is 0 Å². The van der Waals surface area contributed by atoms with Crippen LogP contribution in [0.15, 0.2) is 53.4 Å². The van der Waals surface area contributed by atoms with Crippen LogP contribution < -0.4 is 19.5 Å². The Bertz CT molecular complexity index is 896. The van der Waals surface area contributed by atoms with Gasteiger partial charge in [0.1, 0.15) is 11.5 Å². The van der Waals surface area contributed by atoms with Crippen LogP contribution in [0.4, 0.5) is 0 Å². The van der Waals surface area contributed by atoms with Crippen LogP contribution in [0.1, 0.15) is 32.3 Å². The molecule has 0 fully saturated rings. The summed E-state index contributed by atoms with van der Waals surface area (Å²) in [7, 11) is -1.95. The maximum absolute atomic E-state index is 12.2. The van der Waals surface area contributed by atoms with Gasteiger partial charge in [-0.3, -0.25) is 4.79 Å². The number of hydrogen-bond donors (Lipinski definition) is 2. The fourth-order valence-electron chi connectivity index (χ4n) is 2.58. The molecule has 0 aliphatic heterocycles. The number of nitrogens with one attached hydrogen (secondary N) is 2. The average molecular weight is 421 g/mol. The number of ether oxygens (including phenoxy) is 2. The highest BCUT2D eigenvalue weighted by Crippen LogP contribution is 2.17. The van der Waals surface area contributed by atoms with Crippen LogP contribution in [0.2, 0.25) is 0 Å². The number of sulfonamides is 1. The maximum atomic E-state index is 12.2. The first kappa shape index (κ1) is 22.7. The van der Waals surface area contributed by atoms with E-state index in [2.05, 4.69) is 10.0 Å². The number of carbonyl (C=O) groups is 1. The quantitative estimate of drug-likeness (QED) is 0.545. The lowest BCUT2D eigenvalue weighted by Gasteiger charge is -2.11. The van der Waals surface area contributed by atoms with Gasteiger partial charge in [-0.2, -0.15) is 0 Å². The number of rotatable bonds is 11. The zero-order valence-electron chi connectivity index (χ0n) is 17.0. The third kappa shape index (κ3) is 7.75. The van der Waals surface area contributed by atoms with Gasteiger partial charge in [0.05, 0.1) is 18.6 Å². The molecule has 2 rings (SSSR count). The van der Waals surface area contributed by atoms with E-state index in [-0.39, 0.29) is 23.4 Å². The summed E-state index contributed by atoms with van der Waals surface area (Å²) in [6, 6.07) is 13.6. The van der Waals surface area contributed by atoms with Crippen LogP contribution in [0.25, 0.3) is 0 Å². The first-order valence-corrected chi connectivity index (χ1v) is 10.9. The molecule has 158 valence electrons. The van der Waals surface area contributed by atoms with Gasteiger partial charge in [-0.1, -0.05) is 12.1 Å². The highest BCUT2D eigenvalue weighted by atomic mass is 32.2. The summed E-state index contributed by atoms with van der Waals surface area (Å²) >= 11 is 0. The molecule has 0 spiro atoms. The van der Waals surface area contributed by atoms with E-state index in [1.165, 1.54) is 6.07 Å². The van der Waals surface area contributed by atoms with Crippen molar-refractivity contribution in [2.24, 2.45) is 0 Å². The molecule has 0 unspecified atom stereocenters. The Kier molecular flexibility index (Phi) is 8.48. The van der Waals surface area contributed by atoms with E-state index in [0.29, 0.717) is 19.4 Å². The third-order valence-corrected chi connectivity index (χ3v) is 5.62. The molecule has 0 radical (unpaired) electrons. The van der Waals surface area contributed by atoms with Crippen molar-refractivity contribution in [3.05, 3.63) is 54.1 Å². The fourth-order valence-corrected chi connectivity index (χ4v) is 3.91. The van der Waals surface area contributed by atoms with Crippen molar-refractivity contribution in [1.29, 1.82) is 0 Å². The van der Waals surface area contributed by atoms with Crippen LogP contribution in [0, 0.1) is 0 Å². The van der Waals surface area contributed by atoms with Crippen molar-refractivity contribution in [3.8, 4) is 11.5 Å². The molecule has 8 heteroatoms. The Balaban J connectivity index is 1.75. The second-order valence-electron chi connectivity index (χ2n) is 6.83. The average Bonchev–Trinajstić information content (AvgIpc) is 2.69. The van der Waals surface area contributed by atoms with E-state index in [1.807, 2.05) is 24.3 Å². The van der Waals surface area contributed by atoms with Crippen molar-refractivity contribution in [1.82, 2.24) is 10.0 Å². The minimum atomic E-state index is -3.56. The van der Waals surface area contributed by atoms with E-state index in [0.717, 1.165) is 17.1 Å². The molecular weight excluding hydrogens is 392 g/mol. The van der Waals surface area contributed by atoms with Gasteiger partial charge in [-0.05, 0) is 62.2 Å². The van der Waals surface area contributed by atoms with Gasteiger partial charge in [0.2, 0.25) is 15.9 Å². The summed E-state index contributed by atoms with van der Waals surface area (Å²) in [4.78, 5) is 12.2. The monoisotopic (exact) mass is 420 g/mol. The van der Waals surface area contributed by atoms with Crippen molar-refractivity contribution < 1.29 is 22.7 Å². The predicted octanol–water partition coefficient (Wildman–Crippen LogP) is 2.86. The molecule has 2 aromatic carbocycles. The van der Waals surface area contributed by atoms with Gasteiger partial charge in [0, 0.05) is 19.0 Å². The van der Waals surface area contributed by atoms with E-state index >= 15 is 0 Å². The Morgan fingerprint density at radius 3 is 2.41 bits per heavy atom. The lowest BCUT2D eigenvalue weighted by Crippen LogP contribution is -2.30. The Labute approximate surface area is 172 Å². The largest absolute Gasteiger partial charge is 0.497 e. The van der Waals surface area contributed by atoms with Crippen molar-refractivity contribution in [2.75, 3.05) is 13.7 Å². The topological polar surface area (TPSA) is 93.7 Å². The number of carbonyl (C=O) groups excluding carboxylic acids is 1. The maximum Gasteiger partial charge on any atom is 0.240 e. The minimum absolute atomic E-state index is 0.114. The van der Waals surface area contributed by atoms with Crippen LogP contribution in [-0.4, -0.2) is 34.1 Å². The van der Waals surface area contributed by atoms with Gasteiger partial charge >= 0.3 is 0 Å². The summed E-state index contributed by atoms with van der Waals surface area (Å²) in [6.07, 6.45) is 0.896. The van der Waals surface area contributed by atoms with Crippen LogP contribution >= 0.6 is 0 Å². The molecule has 0 aliphatic carbocycles. The Morgan fingerprint density at radius 2 is 1.76 bits per heavy atom. The number of methoxy groups -OCH3 is 1. The highest BCUT2D eigenvalue weighted by Gasteiger charge is 2.15. The molecule has 0 atom stereocenters.